The van der Waals surface area contributed by atoms with Crippen LogP contribution >= 0.6 is 11.3 Å². The molecule has 0 bridgehead atoms. The maximum absolute atomic E-state index is 12.5. The first kappa shape index (κ1) is 19.1. The van der Waals surface area contributed by atoms with E-state index in [1.807, 2.05) is 25.1 Å². The average Bonchev–Trinajstić information content (AvgIpc) is 3.39. The van der Waals surface area contributed by atoms with E-state index < -0.39 is 5.92 Å². The van der Waals surface area contributed by atoms with Crippen LogP contribution in [0.25, 0.3) is 10.2 Å². The Hall–Kier alpha value is -3.21. The summed E-state index contributed by atoms with van der Waals surface area (Å²) in [6, 6.07) is 5.65. The number of anilines is 2. The van der Waals surface area contributed by atoms with E-state index in [1.54, 1.807) is 4.90 Å². The fourth-order valence-electron chi connectivity index (χ4n) is 3.20. The van der Waals surface area contributed by atoms with Gasteiger partial charge in [-0.2, -0.15) is 4.98 Å². The molecule has 1 saturated heterocycles. The number of ether oxygens (including phenoxy) is 1. The van der Waals surface area contributed by atoms with Gasteiger partial charge in [0.2, 0.25) is 17.8 Å². The van der Waals surface area contributed by atoms with Gasteiger partial charge in [-0.1, -0.05) is 11.3 Å². The van der Waals surface area contributed by atoms with Crippen LogP contribution in [-0.4, -0.2) is 51.7 Å². The summed E-state index contributed by atoms with van der Waals surface area (Å²) in [4.78, 5) is 35.1. The molecule has 4 rings (SSSR count). The molecule has 1 unspecified atom stereocenters. The Labute approximate surface area is 170 Å². The smallest absolute Gasteiger partial charge is 0.239 e. The van der Waals surface area contributed by atoms with Crippen molar-refractivity contribution in [2.24, 2.45) is 5.92 Å². The van der Waals surface area contributed by atoms with Gasteiger partial charge in [-0.15, -0.1) is 5.10 Å². The minimum Gasteiger partial charge on any atom is -0.494 e. The van der Waals surface area contributed by atoms with Crippen molar-refractivity contribution in [3.8, 4) is 5.75 Å². The number of hydrogen-bond donors (Lipinski definition) is 3. The first-order valence-electron chi connectivity index (χ1n) is 9.31. The zero-order valence-corrected chi connectivity index (χ0v) is 16.7. The predicted octanol–water partition coefficient (Wildman–Crippen LogP) is 1.11. The van der Waals surface area contributed by atoms with Crippen LogP contribution in [0.3, 0.4) is 0 Å². The molecule has 0 radical (unpaired) electrons. The molecular weight excluding hydrogens is 394 g/mol. The lowest BCUT2D eigenvalue weighted by Gasteiger charge is -2.13. The summed E-state index contributed by atoms with van der Waals surface area (Å²) in [6.07, 6.45) is 0.654. The minimum atomic E-state index is -0.409. The van der Waals surface area contributed by atoms with Crippen molar-refractivity contribution >= 4 is 44.4 Å². The van der Waals surface area contributed by atoms with Crippen LogP contribution in [0, 0.1) is 5.92 Å². The van der Waals surface area contributed by atoms with E-state index in [0.29, 0.717) is 37.1 Å². The number of nitrogens with zero attached hydrogens (tertiary/aromatic N) is 4. The fourth-order valence-corrected chi connectivity index (χ4v) is 4.22. The second-order valence-electron chi connectivity index (χ2n) is 6.65. The number of rotatable bonds is 7. The Morgan fingerprint density at radius 2 is 2.31 bits per heavy atom. The summed E-state index contributed by atoms with van der Waals surface area (Å²) in [5.41, 5.74) is 6.26. The predicted molar refractivity (Wildman–Crippen MR) is 109 cm³/mol. The standard InChI is InChI=1S/C18H21N7O3S/c1-2-28-11-3-4-12-13(8-11)29-18(21-12)25-9-10(7-15(25)26)16(27)20-6-5-14-22-17(19)24-23-14/h3-4,8,10H,2,5-7,9H2,1H3,(H,20,27)(H3,19,22,23,24). The van der Waals surface area contributed by atoms with Crippen molar-refractivity contribution in [3.63, 3.8) is 0 Å². The number of nitrogens with two attached hydrogens (primary N) is 1. The molecule has 3 heterocycles. The number of amides is 2. The monoisotopic (exact) mass is 415 g/mol. The molecule has 0 saturated carbocycles. The van der Waals surface area contributed by atoms with E-state index in [0.717, 1.165) is 16.0 Å². The van der Waals surface area contributed by atoms with Gasteiger partial charge in [0.05, 0.1) is 22.7 Å². The maximum atomic E-state index is 12.5. The Morgan fingerprint density at radius 3 is 3.07 bits per heavy atom. The highest BCUT2D eigenvalue weighted by molar-refractivity contribution is 7.22. The van der Waals surface area contributed by atoms with E-state index in [4.69, 9.17) is 10.5 Å². The molecule has 1 aliphatic rings. The van der Waals surface area contributed by atoms with Gasteiger partial charge in [-0.05, 0) is 25.1 Å². The molecular formula is C18H21N7O3S. The Balaban J connectivity index is 1.38. The number of carbonyl (C=O) groups is 2. The summed E-state index contributed by atoms with van der Waals surface area (Å²) < 4.78 is 6.46. The van der Waals surface area contributed by atoms with Crippen molar-refractivity contribution < 1.29 is 14.3 Å². The normalized spacial score (nSPS) is 16.5. The highest BCUT2D eigenvalue weighted by Crippen LogP contribution is 2.34. The first-order valence-corrected chi connectivity index (χ1v) is 10.1. The van der Waals surface area contributed by atoms with Gasteiger partial charge in [0.1, 0.15) is 11.6 Å². The van der Waals surface area contributed by atoms with Crippen LogP contribution in [-0.2, 0) is 16.0 Å². The Bertz CT molecular complexity index is 1050. The van der Waals surface area contributed by atoms with Crippen LogP contribution < -0.4 is 20.7 Å². The van der Waals surface area contributed by atoms with E-state index >= 15 is 0 Å². The highest BCUT2D eigenvalue weighted by Gasteiger charge is 2.36. The Kier molecular flexibility index (Phi) is 5.30. The van der Waals surface area contributed by atoms with Gasteiger partial charge in [-0.3, -0.25) is 19.6 Å². The van der Waals surface area contributed by atoms with Gasteiger partial charge in [0.25, 0.3) is 0 Å². The molecule has 1 fully saturated rings. The molecule has 4 N–H and O–H groups in total. The van der Waals surface area contributed by atoms with E-state index in [2.05, 4.69) is 25.5 Å². The minimum absolute atomic E-state index is 0.0998. The van der Waals surface area contributed by atoms with Crippen LogP contribution in [0.15, 0.2) is 18.2 Å². The molecule has 1 aromatic carbocycles. The lowest BCUT2D eigenvalue weighted by atomic mass is 10.1. The number of fused-ring (bicyclic) bond motifs is 1. The van der Waals surface area contributed by atoms with Crippen molar-refractivity contribution in [2.75, 3.05) is 30.3 Å². The van der Waals surface area contributed by atoms with Gasteiger partial charge < -0.3 is 15.8 Å². The zero-order valence-electron chi connectivity index (χ0n) is 15.8. The molecule has 11 heteroatoms. The number of hydrogen-bond acceptors (Lipinski definition) is 8. The largest absolute Gasteiger partial charge is 0.494 e. The average molecular weight is 415 g/mol. The van der Waals surface area contributed by atoms with Gasteiger partial charge >= 0.3 is 0 Å². The van der Waals surface area contributed by atoms with Crippen LogP contribution in [0.1, 0.15) is 19.2 Å². The molecule has 2 amide bonds. The summed E-state index contributed by atoms with van der Waals surface area (Å²) in [6.45, 7) is 3.22. The zero-order chi connectivity index (χ0) is 20.4. The summed E-state index contributed by atoms with van der Waals surface area (Å²) in [5, 5.41) is 9.88. The number of nitrogen functional groups attached to an aromatic ring is 1. The number of nitrogens with one attached hydrogen (secondary N) is 2. The molecule has 3 aromatic rings. The molecule has 0 aliphatic carbocycles. The second kappa shape index (κ2) is 8.03. The van der Waals surface area contributed by atoms with E-state index in [9.17, 15) is 9.59 Å². The second-order valence-corrected chi connectivity index (χ2v) is 7.65. The number of aromatic nitrogens is 4. The lowest BCUT2D eigenvalue weighted by Crippen LogP contribution is -2.34. The van der Waals surface area contributed by atoms with Gasteiger partial charge in [0, 0.05) is 25.9 Å². The van der Waals surface area contributed by atoms with Crippen molar-refractivity contribution in [2.45, 2.75) is 19.8 Å². The van der Waals surface area contributed by atoms with E-state index in [-0.39, 0.29) is 24.2 Å². The molecule has 10 nitrogen and oxygen atoms in total. The fraction of sp³-hybridized carbons (Fsp3) is 0.389. The number of carbonyl (C=O) groups excluding carboxylic acids is 2. The van der Waals surface area contributed by atoms with Crippen molar-refractivity contribution in [1.82, 2.24) is 25.5 Å². The molecule has 2 aromatic heterocycles. The quantitative estimate of drug-likeness (QED) is 0.525. The number of benzene rings is 1. The van der Waals surface area contributed by atoms with Crippen molar-refractivity contribution in [1.29, 1.82) is 0 Å². The van der Waals surface area contributed by atoms with Crippen molar-refractivity contribution in [3.05, 3.63) is 24.0 Å². The summed E-state index contributed by atoms with van der Waals surface area (Å²) in [5.74, 6) is 0.882. The molecule has 0 spiro atoms. The molecule has 152 valence electrons. The first-order chi connectivity index (χ1) is 14.0. The third-order valence-corrected chi connectivity index (χ3v) is 5.64. The topological polar surface area (TPSA) is 139 Å². The van der Waals surface area contributed by atoms with E-state index in [1.165, 1.54) is 11.3 Å². The number of aromatic amines is 1. The van der Waals surface area contributed by atoms with Crippen LogP contribution in [0.2, 0.25) is 0 Å². The highest BCUT2D eigenvalue weighted by atomic mass is 32.1. The molecule has 1 aliphatic heterocycles. The third kappa shape index (κ3) is 4.14. The summed E-state index contributed by atoms with van der Waals surface area (Å²) in [7, 11) is 0. The van der Waals surface area contributed by atoms with Gasteiger partial charge in [0.15, 0.2) is 5.13 Å². The number of H-pyrrole nitrogens is 1. The maximum Gasteiger partial charge on any atom is 0.239 e. The number of thiazole rings is 1. The van der Waals surface area contributed by atoms with Crippen LogP contribution in [0.5, 0.6) is 5.75 Å². The molecule has 1 atom stereocenters. The van der Waals surface area contributed by atoms with Gasteiger partial charge in [-0.25, -0.2) is 4.98 Å². The third-order valence-electron chi connectivity index (χ3n) is 4.60. The lowest BCUT2D eigenvalue weighted by molar-refractivity contribution is -0.126. The molecule has 29 heavy (non-hydrogen) atoms. The Morgan fingerprint density at radius 1 is 1.45 bits per heavy atom. The van der Waals surface area contributed by atoms with Crippen LogP contribution in [0.4, 0.5) is 11.1 Å². The summed E-state index contributed by atoms with van der Waals surface area (Å²) >= 11 is 1.42. The SMILES string of the molecule is CCOc1ccc2nc(N3CC(C(=O)NCCc4nc(N)n[nH]4)CC3=O)sc2c1.